The van der Waals surface area contributed by atoms with Crippen LogP contribution in [0, 0.1) is 26.6 Å². The van der Waals surface area contributed by atoms with Gasteiger partial charge in [0.2, 0.25) is 0 Å². The second-order valence-corrected chi connectivity index (χ2v) is 7.24. The highest BCUT2D eigenvalue weighted by Gasteiger charge is 2.17. The molecule has 1 aromatic carbocycles. The van der Waals surface area contributed by atoms with E-state index in [0.29, 0.717) is 12.3 Å². The number of benzene rings is 1. The summed E-state index contributed by atoms with van der Waals surface area (Å²) < 4.78 is 17.0. The lowest BCUT2D eigenvalue weighted by atomic mass is 10.2. The Morgan fingerprint density at radius 3 is 2.46 bits per heavy atom. The number of aromatic nitrogens is 4. The van der Waals surface area contributed by atoms with Crippen molar-refractivity contribution in [2.45, 2.75) is 32.5 Å². The Balaban J connectivity index is 1.75. The van der Waals surface area contributed by atoms with Gasteiger partial charge in [-0.3, -0.25) is 4.79 Å². The first-order valence-electron chi connectivity index (χ1n) is 8.30. The van der Waals surface area contributed by atoms with Crippen LogP contribution in [0.4, 0.5) is 4.39 Å². The van der Waals surface area contributed by atoms with Crippen molar-refractivity contribution >= 4 is 17.5 Å². The van der Waals surface area contributed by atoms with E-state index in [-0.39, 0.29) is 11.6 Å². The van der Waals surface area contributed by atoms with Gasteiger partial charge < -0.3 is 9.13 Å². The number of aryl methyl sites for hydroxylation is 2. The molecule has 26 heavy (non-hydrogen) atoms. The molecule has 0 spiro atoms. The van der Waals surface area contributed by atoms with Gasteiger partial charge in [0.25, 0.3) is 0 Å². The second kappa shape index (κ2) is 7.45. The van der Waals surface area contributed by atoms with Crippen molar-refractivity contribution in [2.24, 2.45) is 7.05 Å². The van der Waals surface area contributed by atoms with E-state index in [1.165, 1.54) is 23.9 Å². The Kier molecular flexibility index (Phi) is 5.27. The van der Waals surface area contributed by atoms with Crippen molar-refractivity contribution in [3.8, 4) is 0 Å². The third-order valence-electron chi connectivity index (χ3n) is 4.51. The molecule has 0 N–H and O–H groups in total. The molecule has 0 aliphatic rings. The maximum atomic E-state index is 13.1. The van der Waals surface area contributed by atoms with Crippen molar-refractivity contribution in [1.29, 1.82) is 0 Å². The molecule has 0 unspecified atom stereocenters. The lowest BCUT2D eigenvalue weighted by Gasteiger charge is -2.10. The predicted octanol–water partition coefficient (Wildman–Crippen LogP) is 3.70. The molecule has 3 rings (SSSR count). The molecule has 3 aromatic rings. The van der Waals surface area contributed by atoms with Crippen molar-refractivity contribution < 1.29 is 9.18 Å². The Morgan fingerprint density at radius 2 is 1.85 bits per heavy atom. The number of carbonyl (C=O) groups is 1. The summed E-state index contributed by atoms with van der Waals surface area (Å²) in [4.78, 5) is 12.7. The maximum absolute atomic E-state index is 13.1. The fourth-order valence-corrected chi connectivity index (χ4v) is 3.66. The van der Waals surface area contributed by atoms with Gasteiger partial charge in [-0.2, -0.15) is 0 Å². The molecule has 0 aliphatic carbocycles. The van der Waals surface area contributed by atoms with E-state index in [4.69, 9.17) is 0 Å². The highest BCUT2D eigenvalue weighted by atomic mass is 32.2. The number of carbonyl (C=O) groups excluding carboxylic acids is 1. The van der Waals surface area contributed by atoms with Crippen molar-refractivity contribution in [3.63, 3.8) is 0 Å². The number of hydrogen-bond acceptors (Lipinski definition) is 4. The molecular formula is C19H21FN4OS. The Hall–Kier alpha value is -2.41. The molecule has 2 aromatic heterocycles. The fourth-order valence-electron chi connectivity index (χ4n) is 2.82. The van der Waals surface area contributed by atoms with E-state index < -0.39 is 0 Å². The number of halogens is 1. The zero-order chi connectivity index (χ0) is 18.8. The van der Waals surface area contributed by atoms with Crippen molar-refractivity contribution in [2.75, 3.05) is 5.75 Å². The van der Waals surface area contributed by atoms with Crippen LogP contribution in [-0.2, 0) is 13.6 Å². The van der Waals surface area contributed by atoms with E-state index in [2.05, 4.69) is 14.8 Å². The zero-order valence-electron chi connectivity index (χ0n) is 15.3. The maximum Gasteiger partial charge on any atom is 0.191 e. The molecule has 2 heterocycles. The highest BCUT2D eigenvalue weighted by molar-refractivity contribution is 7.99. The zero-order valence-corrected chi connectivity index (χ0v) is 16.1. The highest BCUT2D eigenvalue weighted by Crippen LogP contribution is 2.22. The molecular weight excluding hydrogens is 351 g/mol. The lowest BCUT2D eigenvalue weighted by molar-refractivity contribution is 0.102. The molecule has 0 amide bonds. The summed E-state index contributed by atoms with van der Waals surface area (Å²) in [6.07, 6.45) is 0. The summed E-state index contributed by atoms with van der Waals surface area (Å²) in [6, 6.07) is 8.36. The minimum atomic E-state index is -0.249. The summed E-state index contributed by atoms with van der Waals surface area (Å²) in [5.41, 5.74) is 3.65. The molecule has 7 heteroatoms. The van der Waals surface area contributed by atoms with E-state index in [1.807, 2.05) is 38.5 Å². The summed E-state index contributed by atoms with van der Waals surface area (Å²) in [5, 5.41) is 8.81. The molecule has 0 fully saturated rings. The quantitative estimate of drug-likeness (QED) is 0.489. The lowest BCUT2D eigenvalue weighted by Crippen LogP contribution is -2.08. The molecule has 0 saturated heterocycles. The number of ketones is 1. The van der Waals surface area contributed by atoms with Gasteiger partial charge >= 0.3 is 0 Å². The van der Waals surface area contributed by atoms with E-state index in [1.54, 1.807) is 12.1 Å². The number of nitrogens with zero attached hydrogens (tertiary/aromatic N) is 4. The second-order valence-electron chi connectivity index (χ2n) is 6.30. The summed E-state index contributed by atoms with van der Waals surface area (Å²) >= 11 is 1.39. The normalized spacial score (nSPS) is 11.1. The van der Waals surface area contributed by atoms with Crippen LogP contribution in [0.25, 0.3) is 0 Å². The van der Waals surface area contributed by atoms with Crippen LogP contribution in [-0.4, -0.2) is 30.9 Å². The van der Waals surface area contributed by atoms with Crippen LogP contribution in [0.5, 0.6) is 0 Å². The standard InChI is InChI=1S/C19H21FN4OS/c1-12-9-17(18(25)11-26-19-22-21-14(3)23(19)4)13(2)24(12)10-15-5-7-16(20)8-6-15/h5-9H,10-11H2,1-4H3. The minimum absolute atomic E-state index is 0.0640. The number of thioether (sulfide) groups is 1. The third kappa shape index (κ3) is 3.72. The molecule has 0 saturated carbocycles. The summed E-state index contributed by atoms with van der Waals surface area (Å²) in [6.45, 7) is 6.41. The fraction of sp³-hybridized carbons (Fsp3) is 0.316. The van der Waals surface area contributed by atoms with Gasteiger partial charge in [0.15, 0.2) is 10.9 Å². The third-order valence-corrected chi connectivity index (χ3v) is 5.53. The number of hydrogen-bond donors (Lipinski definition) is 0. The molecule has 5 nitrogen and oxygen atoms in total. The predicted molar refractivity (Wildman–Crippen MR) is 100 cm³/mol. The van der Waals surface area contributed by atoms with Gasteiger partial charge in [0, 0.05) is 30.5 Å². The van der Waals surface area contributed by atoms with E-state index in [9.17, 15) is 9.18 Å². The largest absolute Gasteiger partial charge is 0.344 e. The van der Waals surface area contributed by atoms with Crippen LogP contribution in [0.2, 0.25) is 0 Å². The number of Topliss-reactive ketones (excluding diaryl/α,β-unsaturated/α-hetero) is 1. The smallest absolute Gasteiger partial charge is 0.191 e. The average molecular weight is 372 g/mol. The topological polar surface area (TPSA) is 52.7 Å². The molecule has 0 atom stereocenters. The van der Waals surface area contributed by atoms with Crippen LogP contribution >= 0.6 is 11.8 Å². The first-order chi connectivity index (χ1) is 12.4. The summed E-state index contributed by atoms with van der Waals surface area (Å²) in [5.74, 6) is 0.945. The van der Waals surface area contributed by atoms with Crippen LogP contribution < -0.4 is 0 Å². The minimum Gasteiger partial charge on any atom is -0.344 e. The molecule has 0 bridgehead atoms. The SMILES string of the molecule is Cc1nnc(SCC(=O)c2cc(C)n(Cc3ccc(F)cc3)c2C)n1C. The molecule has 0 radical (unpaired) electrons. The van der Waals surface area contributed by atoms with E-state index >= 15 is 0 Å². The average Bonchev–Trinajstić information content (AvgIpc) is 3.08. The van der Waals surface area contributed by atoms with Crippen LogP contribution in [0.3, 0.4) is 0 Å². The van der Waals surface area contributed by atoms with Crippen LogP contribution in [0.1, 0.15) is 33.1 Å². The van der Waals surface area contributed by atoms with Gasteiger partial charge in [-0.05, 0) is 44.5 Å². The number of rotatable bonds is 6. The first-order valence-corrected chi connectivity index (χ1v) is 9.28. The van der Waals surface area contributed by atoms with E-state index in [0.717, 1.165) is 33.5 Å². The Bertz CT molecular complexity index is 943. The molecule has 136 valence electrons. The Labute approximate surface area is 156 Å². The summed E-state index contributed by atoms with van der Waals surface area (Å²) in [7, 11) is 1.89. The van der Waals surface area contributed by atoms with Crippen molar-refractivity contribution in [3.05, 3.63) is 64.5 Å². The first kappa shape index (κ1) is 18.4. The van der Waals surface area contributed by atoms with Gasteiger partial charge in [-0.25, -0.2) is 4.39 Å². The van der Waals surface area contributed by atoms with Gasteiger partial charge in [-0.15, -0.1) is 10.2 Å². The van der Waals surface area contributed by atoms with Gasteiger partial charge in [-0.1, -0.05) is 23.9 Å². The van der Waals surface area contributed by atoms with Gasteiger partial charge in [0.05, 0.1) is 5.75 Å². The van der Waals surface area contributed by atoms with Crippen LogP contribution in [0.15, 0.2) is 35.5 Å². The monoisotopic (exact) mass is 372 g/mol. The van der Waals surface area contributed by atoms with Crippen molar-refractivity contribution in [1.82, 2.24) is 19.3 Å². The Morgan fingerprint density at radius 1 is 1.15 bits per heavy atom. The molecule has 0 aliphatic heterocycles. The van der Waals surface area contributed by atoms with Gasteiger partial charge in [0.1, 0.15) is 11.6 Å².